The predicted octanol–water partition coefficient (Wildman–Crippen LogP) is 2.13. The Morgan fingerprint density at radius 1 is 0.653 bits per heavy atom. The zero-order valence-corrected chi connectivity index (χ0v) is 27.9. The van der Waals surface area contributed by atoms with Gasteiger partial charge in [0.2, 0.25) is 58.9 Å². The summed E-state index contributed by atoms with van der Waals surface area (Å²) in [5, 5.41) is 43.3. The topological polar surface area (TPSA) is 259 Å². The molecule has 264 valence electrons. The summed E-state index contributed by atoms with van der Waals surface area (Å²) >= 11 is 0. The minimum absolute atomic E-state index is 0.0125. The van der Waals surface area contributed by atoms with Gasteiger partial charge in [0.1, 0.15) is 5.78 Å². The number of rotatable bonds is 21. The molecular formula is C30H40N10O9. The van der Waals surface area contributed by atoms with Crippen LogP contribution in [0.2, 0.25) is 0 Å². The number of aromatic nitrogens is 8. The number of amides is 2. The Labute approximate surface area is 280 Å². The monoisotopic (exact) mass is 684 g/mol. The molecular weight excluding hydrogens is 644 g/mol. The molecule has 2 unspecified atom stereocenters. The second-order valence-electron chi connectivity index (χ2n) is 11.6. The first-order chi connectivity index (χ1) is 23.4. The molecule has 0 bridgehead atoms. The molecule has 2 N–H and O–H groups in total. The standard InChI is InChI=1S/C30H40N10O9/c1-17-32-36-25(46-17)15-21(29-38-34-19(3)48-29)13-23(41)7-6-11-40(27(43)8-5-9-28(44)45)12-10-31-24(42)14-22(30-39-35-20(4)49-30)16-26-37-33-18(2)47-26/h21-22H,5-16H2,1-4H3,(H,31,42)(H,44,45). The van der Waals surface area contributed by atoms with Crippen molar-refractivity contribution in [3.8, 4) is 0 Å². The van der Waals surface area contributed by atoms with Crippen molar-refractivity contribution in [3.63, 3.8) is 0 Å². The summed E-state index contributed by atoms with van der Waals surface area (Å²) in [4.78, 5) is 51.6. The van der Waals surface area contributed by atoms with Gasteiger partial charge in [-0.05, 0) is 12.8 Å². The fourth-order valence-corrected chi connectivity index (χ4v) is 5.09. The van der Waals surface area contributed by atoms with Crippen LogP contribution in [0.4, 0.5) is 0 Å². The van der Waals surface area contributed by atoms with Gasteiger partial charge in [-0.25, -0.2) is 0 Å². The van der Waals surface area contributed by atoms with Crippen molar-refractivity contribution in [2.24, 2.45) is 0 Å². The SMILES string of the molecule is Cc1nnc(CC(CC(=O)CCCN(CCNC(=O)CC(Cc2nnc(C)o2)c2nnc(C)o2)C(=O)CCCC(=O)O)c2nnc(C)o2)o1. The molecule has 0 saturated heterocycles. The maximum absolute atomic E-state index is 13.1. The number of ketones is 1. The van der Waals surface area contributed by atoms with Crippen molar-refractivity contribution >= 4 is 23.6 Å². The molecule has 0 aliphatic carbocycles. The first-order valence-electron chi connectivity index (χ1n) is 15.9. The lowest BCUT2D eigenvalue weighted by Gasteiger charge is -2.23. The molecule has 4 heterocycles. The van der Waals surface area contributed by atoms with E-state index in [0.29, 0.717) is 41.8 Å². The summed E-state index contributed by atoms with van der Waals surface area (Å²) in [6.07, 6.45) is 1.02. The molecule has 0 fully saturated rings. The van der Waals surface area contributed by atoms with Crippen LogP contribution in [0.15, 0.2) is 17.7 Å². The van der Waals surface area contributed by atoms with E-state index in [2.05, 4.69) is 46.1 Å². The molecule has 0 radical (unpaired) electrons. The first-order valence-corrected chi connectivity index (χ1v) is 15.9. The quantitative estimate of drug-likeness (QED) is 0.127. The van der Waals surface area contributed by atoms with Gasteiger partial charge in [-0.1, -0.05) is 0 Å². The number of aliphatic carboxylic acids is 1. The molecule has 19 heteroatoms. The number of nitrogens with one attached hydrogen (secondary N) is 1. The zero-order valence-electron chi connectivity index (χ0n) is 27.9. The van der Waals surface area contributed by atoms with E-state index in [1.807, 2.05) is 0 Å². The Kier molecular flexibility index (Phi) is 13.2. The molecule has 2 atom stereocenters. The van der Waals surface area contributed by atoms with E-state index < -0.39 is 17.8 Å². The number of carbonyl (C=O) groups excluding carboxylic acids is 3. The highest BCUT2D eigenvalue weighted by Crippen LogP contribution is 2.25. The number of hydrogen-bond acceptors (Lipinski definition) is 16. The van der Waals surface area contributed by atoms with Crippen molar-refractivity contribution in [2.75, 3.05) is 19.6 Å². The Morgan fingerprint density at radius 3 is 1.67 bits per heavy atom. The molecule has 0 aliphatic heterocycles. The van der Waals surface area contributed by atoms with Gasteiger partial charge in [0, 0.05) is 92.3 Å². The van der Waals surface area contributed by atoms with Crippen molar-refractivity contribution in [1.29, 1.82) is 0 Å². The van der Waals surface area contributed by atoms with Crippen LogP contribution in [0.5, 0.6) is 0 Å². The van der Waals surface area contributed by atoms with Gasteiger partial charge in [-0.15, -0.1) is 40.8 Å². The molecule has 19 nitrogen and oxygen atoms in total. The van der Waals surface area contributed by atoms with Crippen LogP contribution in [-0.2, 0) is 32.0 Å². The minimum atomic E-state index is -0.999. The molecule has 0 saturated carbocycles. The molecule has 0 spiro atoms. The lowest BCUT2D eigenvalue weighted by Crippen LogP contribution is -2.39. The third-order valence-corrected chi connectivity index (χ3v) is 7.39. The maximum Gasteiger partial charge on any atom is 0.303 e. The molecule has 0 aromatic carbocycles. The number of Topliss-reactive ketones (excluding diaryl/α,β-unsaturated/α-hetero) is 1. The van der Waals surface area contributed by atoms with E-state index in [0.717, 1.165) is 0 Å². The molecule has 4 rings (SSSR count). The smallest absolute Gasteiger partial charge is 0.303 e. The summed E-state index contributed by atoms with van der Waals surface area (Å²) in [5.74, 6) is 0.000291. The fraction of sp³-hybridized carbons (Fsp3) is 0.600. The summed E-state index contributed by atoms with van der Waals surface area (Å²) < 4.78 is 22.1. The Hall–Kier alpha value is -5.36. The van der Waals surface area contributed by atoms with Crippen LogP contribution in [0.1, 0.15) is 104 Å². The molecule has 4 aromatic heterocycles. The predicted molar refractivity (Wildman–Crippen MR) is 164 cm³/mol. The summed E-state index contributed by atoms with van der Waals surface area (Å²) in [6.45, 7) is 7.12. The van der Waals surface area contributed by atoms with E-state index in [-0.39, 0.29) is 100 Å². The molecule has 49 heavy (non-hydrogen) atoms. The minimum Gasteiger partial charge on any atom is -0.481 e. The normalized spacial score (nSPS) is 12.5. The third kappa shape index (κ3) is 12.0. The van der Waals surface area contributed by atoms with Crippen molar-refractivity contribution < 1.29 is 42.0 Å². The van der Waals surface area contributed by atoms with Crippen LogP contribution < -0.4 is 5.32 Å². The van der Waals surface area contributed by atoms with E-state index in [9.17, 15) is 19.2 Å². The number of carbonyl (C=O) groups is 4. The molecule has 0 aliphatic rings. The summed E-state index contributed by atoms with van der Waals surface area (Å²) in [6, 6.07) is 0. The van der Waals surface area contributed by atoms with Crippen LogP contribution >= 0.6 is 0 Å². The van der Waals surface area contributed by atoms with Gasteiger partial charge in [0.05, 0.1) is 11.8 Å². The molecule has 2 amide bonds. The highest BCUT2D eigenvalue weighted by molar-refractivity contribution is 5.80. The summed E-state index contributed by atoms with van der Waals surface area (Å²) in [5.41, 5.74) is 0. The van der Waals surface area contributed by atoms with E-state index in [1.54, 1.807) is 27.7 Å². The molecule has 4 aromatic rings. The second-order valence-corrected chi connectivity index (χ2v) is 11.6. The Bertz CT molecular complexity index is 1590. The highest BCUT2D eigenvalue weighted by atomic mass is 16.4. The number of nitrogens with zero attached hydrogens (tertiary/aromatic N) is 9. The Balaban J connectivity index is 1.31. The first kappa shape index (κ1) is 36.5. The zero-order chi connectivity index (χ0) is 35.3. The van der Waals surface area contributed by atoms with Crippen LogP contribution in [-0.4, -0.2) is 94.0 Å². The number of carboxylic acid groups (broad SMARTS) is 1. The number of hydrogen-bond donors (Lipinski definition) is 2. The highest BCUT2D eigenvalue weighted by Gasteiger charge is 2.26. The van der Waals surface area contributed by atoms with E-state index in [1.165, 1.54) is 4.90 Å². The van der Waals surface area contributed by atoms with E-state index >= 15 is 0 Å². The average molecular weight is 685 g/mol. The average Bonchev–Trinajstić information content (AvgIpc) is 3.85. The van der Waals surface area contributed by atoms with Gasteiger partial charge >= 0.3 is 5.97 Å². The van der Waals surface area contributed by atoms with Gasteiger partial charge in [0.25, 0.3) is 0 Å². The maximum atomic E-state index is 13.1. The van der Waals surface area contributed by atoms with Crippen LogP contribution in [0, 0.1) is 27.7 Å². The van der Waals surface area contributed by atoms with Crippen molar-refractivity contribution in [2.45, 2.75) is 97.3 Å². The lowest BCUT2D eigenvalue weighted by atomic mass is 9.96. The third-order valence-electron chi connectivity index (χ3n) is 7.39. The van der Waals surface area contributed by atoms with Crippen LogP contribution in [0.25, 0.3) is 0 Å². The van der Waals surface area contributed by atoms with E-state index in [4.69, 9.17) is 22.8 Å². The van der Waals surface area contributed by atoms with Gasteiger partial charge in [0.15, 0.2) is 0 Å². The van der Waals surface area contributed by atoms with Crippen molar-refractivity contribution in [1.82, 2.24) is 51.0 Å². The lowest BCUT2D eigenvalue weighted by molar-refractivity contribution is -0.137. The largest absolute Gasteiger partial charge is 0.481 e. The second kappa shape index (κ2) is 17.7. The van der Waals surface area contributed by atoms with Gasteiger partial charge < -0.3 is 33.0 Å². The fourth-order valence-electron chi connectivity index (χ4n) is 5.09. The summed E-state index contributed by atoms with van der Waals surface area (Å²) in [7, 11) is 0. The van der Waals surface area contributed by atoms with Crippen LogP contribution in [0.3, 0.4) is 0 Å². The Morgan fingerprint density at radius 2 is 1.18 bits per heavy atom. The van der Waals surface area contributed by atoms with Gasteiger partial charge in [-0.2, -0.15) is 0 Å². The van der Waals surface area contributed by atoms with Crippen molar-refractivity contribution in [3.05, 3.63) is 47.1 Å². The number of aryl methyl sites for hydroxylation is 4. The number of carboxylic acids is 1. The van der Waals surface area contributed by atoms with Gasteiger partial charge in [-0.3, -0.25) is 19.2 Å².